The van der Waals surface area contributed by atoms with Gasteiger partial charge in [-0.25, -0.2) is 0 Å². The van der Waals surface area contributed by atoms with E-state index in [2.05, 4.69) is 31.3 Å². The van der Waals surface area contributed by atoms with E-state index in [9.17, 15) is 0 Å². The third kappa shape index (κ3) is 5.19. The predicted molar refractivity (Wildman–Crippen MR) is 76.6 cm³/mol. The zero-order valence-corrected chi connectivity index (χ0v) is 12.4. The maximum absolute atomic E-state index is 5.57. The molecule has 19 heavy (non-hydrogen) atoms. The Morgan fingerprint density at radius 2 is 2.00 bits per heavy atom. The molecule has 0 spiro atoms. The van der Waals surface area contributed by atoms with Crippen LogP contribution in [0.15, 0.2) is 18.2 Å². The fourth-order valence-electron chi connectivity index (χ4n) is 1.93. The molecule has 4 heteroatoms. The van der Waals surface area contributed by atoms with Gasteiger partial charge < -0.3 is 19.5 Å². The number of nitrogens with one attached hydrogen (secondary N) is 1. The zero-order valence-electron chi connectivity index (χ0n) is 12.4. The lowest BCUT2D eigenvalue weighted by Gasteiger charge is -2.16. The third-order valence-electron chi connectivity index (χ3n) is 3.00. The Balaban J connectivity index is 2.72. The molecule has 1 unspecified atom stereocenters. The van der Waals surface area contributed by atoms with Crippen molar-refractivity contribution in [3.05, 3.63) is 29.3 Å². The molecule has 0 radical (unpaired) electrons. The number of benzene rings is 1. The van der Waals surface area contributed by atoms with Gasteiger partial charge in [-0.1, -0.05) is 13.0 Å². The van der Waals surface area contributed by atoms with Crippen LogP contribution in [-0.2, 0) is 16.1 Å². The monoisotopic (exact) mass is 267 g/mol. The normalized spacial score (nSPS) is 12.4. The first-order valence-corrected chi connectivity index (χ1v) is 6.69. The average Bonchev–Trinajstić information content (AvgIpc) is 2.43. The average molecular weight is 267 g/mol. The van der Waals surface area contributed by atoms with Crippen LogP contribution in [0.4, 0.5) is 0 Å². The highest BCUT2D eigenvalue weighted by atomic mass is 16.5. The molecule has 1 aromatic carbocycles. The summed E-state index contributed by atoms with van der Waals surface area (Å²) >= 11 is 0. The van der Waals surface area contributed by atoms with Crippen molar-refractivity contribution in [2.24, 2.45) is 0 Å². The second kappa shape index (κ2) is 8.91. The van der Waals surface area contributed by atoms with Crippen LogP contribution >= 0.6 is 0 Å². The van der Waals surface area contributed by atoms with Gasteiger partial charge in [0.2, 0.25) is 0 Å². The minimum atomic E-state index is 0.327. The summed E-state index contributed by atoms with van der Waals surface area (Å²) in [5, 5.41) is 3.40. The van der Waals surface area contributed by atoms with E-state index in [1.54, 1.807) is 14.2 Å². The number of hydrogen-bond acceptors (Lipinski definition) is 4. The highest BCUT2D eigenvalue weighted by Gasteiger charge is 2.09. The van der Waals surface area contributed by atoms with Crippen molar-refractivity contribution in [2.45, 2.75) is 26.5 Å². The first-order chi connectivity index (χ1) is 9.22. The summed E-state index contributed by atoms with van der Waals surface area (Å²) in [6.07, 6.45) is 0. The van der Waals surface area contributed by atoms with Crippen molar-refractivity contribution < 1.29 is 14.2 Å². The SMILES string of the molecule is CCNC(C)c1ccc(OC)c(COCCOC)c1. The van der Waals surface area contributed by atoms with Crippen LogP contribution in [0.25, 0.3) is 0 Å². The molecule has 1 N–H and O–H groups in total. The molecule has 0 aliphatic heterocycles. The van der Waals surface area contributed by atoms with Crippen molar-refractivity contribution in [2.75, 3.05) is 34.0 Å². The van der Waals surface area contributed by atoms with Crippen LogP contribution in [0.2, 0.25) is 0 Å². The Morgan fingerprint density at radius 1 is 1.21 bits per heavy atom. The molecule has 0 amide bonds. The van der Waals surface area contributed by atoms with E-state index in [-0.39, 0.29) is 0 Å². The van der Waals surface area contributed by atoms with Gasteiger partial charge in [0.1, 0.15) is 5.75 Å². The molecule has 0 fully saturated rings. The first kappa shape index (κ1) is 16.0. The van der Waals surface area contributed by atoms with Gasteiger partial charge in [-0.15, -0.1) is 0 Å². The molecular formula is C15H25NO3. The quantitative estimate of drug-likeness (QED) is 0.698. The summed E-state index contributed by atoms with van der Waals surface area (Å²) in [6, 6.07) is 6.55. The molecule has 0 saturated heterocycles. The molecule has 108 valence electrons. The van der Waals surface area contributed by atoms with Crippen molar-refractivity contribution >= 4 is 0 Å². The maximum Gasteiger partial charge on any atom is 0.124 e. The minimum Gasteiger partial charge on any atom is -0.496 e. The molecule has 0 aliphatic carbocycles. The summed E-state index contributed by atoms with van der Waals surface area (Å²) in [5.41, 5.74) is 2.31. The lowest BCUT2D eigenvalue weighted by molar-refractivity contribution is 0.0607. The lowest BCUT2D eigenvalue weighted by Crippen LogP contribution is -2.18. The van der Waals surface area contributed by atoms with E-state index in [1.807, 2.05) is 6.07 Å². The number of hydrogen-bond donors (Lipinski definition) is 1. The summed E-state index contributed by atoms with van der Waals surface area (Å²) < 4.78 is 15.9. The Labute approximate surface area is 116 Å². The van der Waals surface area contributed by atoms with Gasteiger partial charge in [-0.3, -0.25) is 0 Å². The molecule has 0 bridgehead atoms. The Hall–Kier alpha value is -1.10. The minimum absolute atomic E-state index is 0.327. The Morgan fingerprint density at radius 3 is 2.63 bits per heavy atom. The van der Waals surface area contributed by atoms with Crippen molar-refractivity contribution in [3.8, 4) is 5.75 Å². The van der Waals surface area contributed by atoms with Crippen LogP contribution in [-0.4, -0.2) is 34.0 Å². The number of methoxy groups -OCH3 is 2. The van der Waals surface area contributed by atoms with Crippen molar-refractivity contribution in [1.29, 1.82) is 0 Å². The Bertz CT molecular complexity index is 368. The zero-order chi connectivity index (χ0) is 14.1. The van der Waals surface area contributed by atoms with E-state index in [1.165, 1.54) is 5.56 Å². The Kier molecular flexibility index (Phi) is 7.48. The second-order valence-electron chi connectivity index (χ2n) is 4.40. The largest absolute Gasteiger partial charge is 0.496 e. The third-order valence-corrected chi connectivity index (χ3v) is 3.00. The fourth-order valence-corrected chi connectivity index (χ4v) is 1.93. The van der Waals surface area contributed by atoms with E-state index >= 15 is 0 Å². The molecule has 1 aromatic rings. The first-order valence-electron chi connectivity index (χ1n) is 6.69. The highest BCUT2D eigenvalue weighted by Crippen LogP contribution is 2.24. The summed E-state index contributed by atoms with van der Waals surface area (Å²) in [7, 11) is 3.35. The predicted octanol–water partition coefficient (Wildman–Crippen LogP) is 2.53. The summed E-state index contributed by atoms with van der Waals surface area (Å²) in [5.74, 6) is 0.866. The van der Waals surface area contributed by atoms with Gasteiger partial charge in [-0.05, 0) is 31.2 Å². The van der Waals surface area contributed by atoms with Gasteiger partial charge in [-0.2, -0.15) is 0 Å². The van der Waals surface area contributed by atoms with Crippen LogP contribution < -0.4 is 10.1 Å². The van der Waals surface area contributed by atoms with Crippen LogP contribution in [0.1, 0.15) is 31.0 Å². The smallest absolute Gasteiger partial charge is 0.124 e. The molecule has 0 heterocycles. The van der Waals surface area contributed by atoms with Gasteiger partial charge in [0.25, 0.3) is 0 Å². The topological polar surface area (TPSA) is 39.7 Å². The standard InChI is InChI=1S/C15H25NO3/c1-5-16-12(2)13-6-7-15(18-4)14(10-13)11-19-9-8-17-3/h6-7,10,12,16H,5,8-9,11H2,1-4H3. The molecular weight excluding hydrogens is 242 g/mol. The van der Waals surface area contributed by atoms with Crippen molar-refractivity contribution in [3.63, 3.8) is 0 Å². The highest BCUT2D eigenvalue weighted by molar-refractivity contribution is 5.38. The second-order valence-corrected chi connectivity index (χ2v) is 4.40. The van der Waals surface area contributed by atoms with E-state index in [4.69, 9.17) is 14.2 Å². The molecule has 0 aromatic heterocycles. The summed E-state index contributed by atoms with van der Waals surface area (Å²) in [6.45, 7) is 6.95. The van der Waals surface area contributed by atoms with E-state index in [0.717, 1.165) is 17.9 Å². The number of rotatable bonds is 9. The van der Waals surface area contributed by atoms with Gasteiger partial charge in [0.05, 0.1) is 26.9 Å². The molecule has 1 atom stereocenters. The number of ether oxygens (including phenoxy) is 3. The fraction of sp³-hybridized carbons (Fsp3) is 0.600. The molecule has 1 rings (SSSR count). The van der Waals surface area contributed by atoms with Crippen LogP contribution in [0.3, 0.4) is 0 Å². The van der Waals surface area contributed by atoms with Gasteiger partial charge in [0, 0.05) is 18.7 Å². The summed E-state index contributed by atoms with van der Waals surface area (Å²) in [4.78, 5) is 0. The van der Waals surface area contributed by atoms with Crippen LogP contribution in [0.5, 0.6) is 5.75 Å². The molecule has 0 saturated carbocycles. The van der Waals surface area contributed by atoms with E-state index < -0.39 is 0 Å². The lowest BCUT2D eigenvalue weighted by atomic mass is 10.0. The van der Waals surface area contributed by atoms with Crippen molar-refractivity contribution in [1.82, 2.24) is 5.32 Å². The molecule has 4 nitrogen and oxygen atoms in total. The maximum atomic E-state index is 5.57. The van der Waals surface area contributed by atoms with Gasteiger partial charge >= 0.3 is 0 Å². The van der Waals surface area contributed by atoms with E-state index in [0.29, 0.717) is 25.9 Å². The van der Waals surface area contributed by atoms with Crippen LogP contribution in [0, 0.1) is 0 Å². The molecule has 0 aliphatic rings. The van der Waals surface area contributed by atoms with Gasteiger partial charge in [0.15, 0.2) is 0 Å².